The molecule has 2 aliphatic heterocycles. The average molecular weight is 301 g/mol. The van der Waals surface area contributed by atoms with Gasteiger partial charge in [-0.2, -0.15) is 10.1 Å². The van der Waals surface area contributed by atoms with E-state index in [1.54, 1.807) is 6.33 Å². The maximum Gasteiger partial charge on any atom is 0.221 e. The molecule has 0 saturated carbocycles. The maximum absolute atomic E-state index is 6.02. The molecule has 1 saturated heterocycles. The van der Waals surface area contributed by atoms with Crippen LogP contribution >= 0.6 is 0 Å². The minimum atomic E-state index is 0.0896. The average Bonchev–Trinajstić information content (AvgIpc) is 3.10. The zero-order valence-corrected chi connectivity index (χ0v) is 12.3. The Kier molecular flexibility index (Phi) is 3.56. The van der Waals surface area contributed by atoms with Gasteiger partial charge in [0.1, 0.15) is 19.0 Å². The molecule has 0 bridgehead atoms. The second-order valence-corrected chi connectivity index (χ2v) is 5.59. The Labute approximate surface area is 128 Å². The third kappa shape index (κ3) is 2.71. The molecule has 7 nitrogen and oxygen atoms in total. The van der Waals surface area contributed by atoms with Crippen molar-refractivity contribution in [1.29, 1.82) is 0 Å². The second kappa shape index (κ2) is 5.84. The molecule has 1 N–H and O–H groups in total. The molecule has 22 heavy (non-hydrogen) atoms. The van der Waals surface area contributed by atoms with Crippen molar-refractivity contribution in [3.63, 3.8) is 0 Å². The van der Waals surface area contributed by atoms with Crippen LogP contribution in [0.25, 0.3) is 0 Å². The van der Waals surface area contributed by atoms with Gasteiger partial charge < -0.3 is 14.4 Å². The van der Waals surface area contributed by atoms with E-state index in [9.17, 15) is 0 Å². The Hall–Kier alpha value is -2.28. The van der Waals surface area contributed by atoms with Gasteiger partial charge in [-0.15, -0.1) is 0 Å². The van der Waals surface area contributed by atoms with E-state index in [1.165, 1.54) is 0 Å². The zero-order valence-electron chi connectivity index (χ0n) is 12.3. The van der Waals surface area contributed by atoms with Crippen LogP contribution in [0.2, 0.25) is 0 Å². The molecular formula is C15H19N5O2. The molecule has 7 heteroatoms. The maximum atomic E-state index is 6.02. The van der Waals surface area contributed by atoms with Crippen molar-refractivity contribution in [2.75, 3.05) is 44.2 Å². The van der Waals surface area contributed by atoms with Gasteiger partial charge in [-0.25, -0.2) is 5.10 Å². The van der Waals surface area contributed by atoms with E-state index in [0.717, 1.165) is 50.2 Å². The van der Waals surface area contributed by atoms with Crippen molar-refractivity contribution in [1.82, 2.24) is 20.1 Å². The number of aromatic nitrogens is 3. The summed E-state index contributed by atoms with van der Waals surface area (Å²) in [5.41, 5.74) is 0. The third-order valence-corrected chi connectivity index (χ3v) is 4.10. The van der Waals surface area contributed by atoms with Crippen LogP contribution in [0, 0.1) is 0 Å². The monoisotopic (exact) mass is 301 g/mol. The topological polar surface area (TPSA) is 66.5 Å². The first kappa shape index (κ1) is 13.4. The number of anilines is 1. The van der Waals surface area contributed by atoms with E-state index in [0.29, 0.717) is 6.61 Å². The largest absolute Gasteiger partial charge is 0.486 e. The predicted molar refractivity (Wildman–Crippen MR) is 81.4 cm³/mol. The Balaban J connectivity index is 1.31. The zero-order chi connectivity index (χ0) is 14.8. The summed E-state index contributed by atoms with van der Waals surface area (Å²) in [6, 6.07) is 7.84. The number of para-hydroxylation sites is 2. The minimum absolute atomic E-state index is 0.0896. The summed E-state index contributed by atoms with van der Waals surface area (Å²) in [5, 5.41) is 6.82. The first-order valence-electron chi connectivity index (χ1n) is 7.59. The van der Waals surface area contributed by atoms with E-state index in [-0.39, 0.29) is 6.10 Å². The van der Waals surface area contributed by atoms with Crippen molar-refractivity contribution in [2.24, 2.45) is 0 Å². The van der Waals surface area contributed by atoms with Crippen LogP contribution in [0.15, 0.2) is 30.6 Å². The number of hydrogen-bond donors (Lipinski definition) is 1. The van der Waals surface area contributed by atoms with Crippen molar-refractivity contribution >= 4 is 5.95 Å². The van der Waals surface area contributed by atoms with Crippen LogP contribution in [0.1, 0.15) is 0 Å². The molecular weight excluding hydrogens is 282 g/mol. The molecule has 2 aromatic rings. The fourth-order valence-corrected chi connectivity index (χ4v) is 2.93. The highest BCUT2D eigenvalue weighted by Gasteiger charge is 2.25. The Morgan fingerprint density at radius 2 is 1.95 bits per heavy atom. The molecule has 2 aliphatic rings. The van der Waals surface area contributed by atoms with Gasteiger partial charge in [-0.3, -0.25) is 4.90 Å². The van der Waals surface area contributed by atoms with Crippen LogP contribution in [0.4, 0.5) is 5.95 Å². The number of aromatic amines is 1. The molecule has 1 unspecified atom stereocenters. The molecule has 0 spiro atoms. The van der Waals surface area contributed by atoms with Gasteiger partial charge in [-0.1, -0.05) is 12.1 Å². The van der Waals surface area contributed by atoms with Crippen molar-refractivity contribution in [3.8, 4) is 11.5 Å². The summed E-state index contributed by atoms with van der Waals surface area (Å²) < 4.78 is 11.8. The van der Waals surface area contributed by atoms with Crippen molar-refractivity contribution < 1.29 is 9.47 Å². The number of hydrogen-bond acceptors (Lipinski definition) is 6. The van der Waals surface area contributed by atoms with Gasteiger partial charge in [0.05, 0.1) is 0 Å². The smallest absolute Gasteiger partial charge is 0.221 e. The van der Waals surface area contributed by atoms with E-state index < -0.39 is 0 Å². The van der Waals surface area contributed by atoms with Gasteiger partial charge in [0.15, 0.2) is 11.5 Å². The predicted octanol–water partition coefficient (Wildman–Crippen LogP) is 0.767. The van der Waals surface area contributed by atoms with Gasteiger partial charge in [0.2, 0.25) is 5.95 Å². The van der Waals surface area contributed by atoms with E-state index in [2.05, 4.69) is 25.0 Å². The number of fused-ring (bicyclic) bond motifs is 1. The second-order valence-electron chi connectivity index (χ2n) is 5.59. The molecule has 0 amide bonds. The van der Waals surface area contributed by atoms with Gasteiger partial charge >= 0.3 is 0 Å². The minimum Gasteiger partial charge on any atom is -0.486 e. The molecule has 1 fully saturated rings. The number of ether oxygens (including phenoxy) is 2. The number of nitrogens with one attached hydrogen (secondary N) is 1. The fraction of sp³-hybridized carbons (Fsp3) is 0.467. The molecule has 3 heterocycles. The van der Waals surface area contributed by atoms with Gasteiger partial charge in [0.25, 0.3) is 0 Å². The summed E-state index contributed by atoms with van der Waals surface area (Å²) in [7, 11) is 0. The summed E-state index contributed by atoms with van der Waals surface area (Å²) in [6.45, 7) is 5.36. The first-order chi connectivity index (χ1) is 10.9. The van der Waals surface area contributed by atoms with Crippen molar-refractivity contribution in [3.05, 3.63) is 30.6 Å². The summed E-state index contributed by atoms with van der Waals surface area (Å²) >= 11 is 0. The number of nitrogens with zero attached hydrogens (tertiary/aromatic N) is 4. The number of benzene rings is 1. The van der Waals surface area contributed by atoms with Crippen LogP contribution in [-0.4, -0.2) is 65.5 Å². The number of rotatable bonds is 3. The van der Waals surface area contributed by atoms with Crippen LogP contribution in [0.5, 0.6) is 11.5 Å². The van der Waals surface area contributed by atoms with Crippen LogP contribution in [-0.2, 0) is 0 Å². The molecule has 0 radical (unpaired) electrons. The summed E-state index contributed by atoms with van der Waals surface area (Å²) in [5.74, 6) is 2.54. The van der Waals surface area contributed by atoms with E-state index in [4.69, 9.17) is 9.47 Å². The molecule has 0 aliphatic carbocycles. The van der Waals surface area contributed by atoms with Gasteiger partial charge in [0, 0.05) is 32.7 Å². The van der Waals surface area contributed by atoms with Gasteiger partial charge in [-0.05, 0) is 12.1 Å². The Morgan fingerprint density at radius 1 is 1.14 bits per heavy atom. The molecule has 1 aromatic heterocycles. The molecule has 116 valence electrons. The van der Waals surface area contributed by atoms with Crippen LogP contribution in [0.3, 0.4) is 0 Å². The molecule has 1 atom stereocenters. The lowest BCUT2D eigenvalue weighted by molar-refractivity contribution is 0.0570. The van der Waals surface area contributed by atoms with Crippen molar-refractivity contribution in [2.45, 2.75) is 6.10 Å². The summed E-state index contributed by atoms with van der Waals surface area (Å²) in [6.07, 6.45) is 1.64. The molecule has 4 rings (SSSR count). The highest BCUT2D eigenvalue weighted by atomic mass is 16.6. The number of piperazine rings is 1. The highest BCUT2D eigenvalue weighted by Crippen LogP contribution is 2.31. The standard InChI is InChI=1S/C15H19N5O2/c1-2-4-14-13(3-1)21-10-12(22-14)9-19-5-7-20(8-6-19)15-16-11-17-18-15/h1-4,11-12H,5-10H2,(H,16,17,18). The normalized spacial score (nSPS) is 21.8. The van der Waals surface area contributed by atoms with E-state index >= 15 is 0 Å². The lowest BCUT2D eigenvalue weighted by Crippen LogP contribution is -2.51. The highest BCUT2D eigenvalue weighted by molar-refractivity contribution is 5.40. The SMILES string of the molecule is c1ccc2c(c1)OCC(CN1CCN(c3ncn[nH]3)CC1)O2. The lowest BCUT2D eigenvalue weighted by Gasteiger charge is -2.37. The number of H-pyrrole nitrogens is 1. The lowest BCUT2D eigenvalue weighted by atomic mass is 10.2. The Morgan fingerprint density at radius 3 is 2.73 bits per heavy atom. The fourth-order valence-electron chi connectivity index (χ4n) is 2.93. The summed E-state index contributed by atoms with van der Waals surface area (Å²) in [4.78, 5) is 8.83. The Bertz CT molecular complexity index is 610. The van der Waals surface area contributed by atoms with E-state index in [1.807, 2.05) is 24.3 Å². The quantitative estimate of drug-likeness (QED) is 0.903. The first-order valence-corrected chi connectivity index (χ1v) is 7.59. The molecule has 1 aromatic carbocycles. The third-order valence-electron chi connectivity index (χ3n) is 4.10. The van der Waals surface area contributed by atoms with Crippen LogP contribution < -0.4 is 14.4 Å².